The number of ether oxygens (including phenoxy) is 1. The number of rotatable bonds is 11. The van der Waals surface area contributed by atoms with Crippen LogP contribution in [0.4, 0.5) is 4.39 Å². The average molecular weight is 511 g/mol. The van der Waals surface area contributed by atoms with Gasteiger partial charge in [-0.2, -0.15) is 0 Å². The average Bonchev–Trinajstić information content (AvgIpc) is 3.24. The number of halogens is 2. The normalized spacial score (nSPS) is 11.5. The zero-order valence-corrected chi connectivity index (χ0v) is 20.6. The van der Waals surface area contributed by atoms with E-state index in [1.165, 1.54) is 12.1 Å². The van der Waals surface area contributed by atoms with Crippen LogP contribution in [0, 0.1) is 12.7 Å². The first kappa shape index (κ1) is 26.9. The van der Waals surface area contributed by atoms with Crippen LogP contribution in [0.1, 0.15) is 22.6 Å². The highest BCUT2D eigenvalue weighted by molar-refractivity contribution is 5.85. The fraction of sp³-hybridized carbons (Fsp3) is 0.214. The quantitative estimate of drug-likeness (QED) is 0.272. The molecule has 0 amide bonds. The molecule has 2 N–H and O–H groups in total. The monoisotopic (exact) mass is 510 g/mol. The number of nitrogens with zero attached hydrogens (tertiary/aromatic N) is 1. The summed E-state index contributed by atoms with van der Waals surface area (Å²) in [6.07, 6.45) is 0.926. The second-order valence-electron chi connectivity index (χ2n) is 8.23. The Morgan fingerprint density at radius 2 is 1.69 bits per heavy atom. The topological polar surface area (TPSA) is 84.6 Å². The maximum absolute atomic E-state index is 13.0. The largest absolute Gasteiger partial charge is 0.493 e. The number of benzene rings is 3. The molecule has 4 aromatic rings. The van der Waals surface area contributed by atoms with E-state index in [0.717, 1.165) is 28.1 Å². The van der Waals surface area contributed by atoms with Gasteiger partial charge in [-0.15, -0.1) is 12.4 Å². The molecule has 36 heavy (non-hydrogen) atoms. The van der Waals surface area contributed by atoms with Crippen molar-refractivity contribution in [1.82, 2.24) is 10.3 Å². The van der Waals surface area contributed by atoms with Crippen molar-refractivity contribution in [2.24, 2.45) is 0 Å². The van der Waals surface area contributed by atoms with Gasteiger partial charge < -0.3 is 19.6 Å². The van der Waals surface area contributed by atoms with Crippen molar-refractivity contribution in [3.8, 4) is 17.2 Å². The molecule has 0 spiro atoms. The molecule has 1 heterocycles. The Balaban J connectivity index is 0.00000361. The highest BCUT2D eigenvalue weighted by atomic mass is 35.5. The first-order valence-corrected chi connectivity index (χ1v) is 11.4. The number of nitrogens with one attached hydrogen (secondary N) is 1. The predicted molar refractivity (Wildman–Crippen MR) is 138 cm³/mol. The van der Waals surface area contributed by atoms with Gasteiger partial charge in [0.15, 0.2) is 0 Å². The van der Waals surface area contributed by atoms with Gasteiger partial charge in [0.1, 0.15) is 23.4 Å². The lowest BCUT2D eigenvalue weighted by molar-refractivity contribution is -0.139. The molecule has 1 atom stereocenters. The van der Waals surface area contributed by atoms with Crippen LogP contribution >= 0.6 is 12.4 Å². The first-order chi connectivity index (χ1) is 17.0. The van der Waals surface area contributed by atoms with Gasteiger partial charge in [0.25, 0.3) is 0 Å². The summed E-state index contributed by atoms with van der Waals surface area (Å²) in [6, 6.07) is 22.4. The molecule has 188 valence electrons. The van der Waals surface area contributed by atoms with Crippen molar-refractivity contribution >= 4 is 18.4 Å². The molecule has 3 aromatic carbocycles. The third-order valence-corrected chi connectivity index (χ3v) is 5.65. The van der Waals surface area contributed by atoms with Crippen LogP contribution in [0.15, 0.2) is 83.3 Å². The summed E-state index contributed by atoms with van der Waals surface area (Å²) < 4.78 is 24.7. The molecule has 0 aliphatic carbocycles. The highest BCUT2D eigenvalue weighted by Crippen LogP contribution is 2.22. The third-order valence-electron chi connectivity index (χ3n) is 5.65. The number of oxazole rings is 1. The van der Waals surface area contributed by atoms with E-state index in [2.05, 4.69) is 10.3 Å². The zero-order valence-electron chi connectivity index (χ0n) is 19.8. The van der Waals surface area contributed by atoms with Crippen LogP contribution in [-0.2, 0) is 24.2 Å². The van der Waals surface area contributed by atoms with E-state index in [4.69, 9.17) is 9.15 Å². The number of aliphatic carboxylic acids is 1. The Morgan fingerprint density at radius 3 is 2.36 bits per heavy atom. The van der Waals surface area contributed by atoms with Gasteiger partial charge in [-0.25, -0.2) is 9.37 Å². The summed E-state index contributed by atoms with van der Waals surface area (Å²) in [5.41, 5.74) is 3.48. The van der Waals surface area contributed by atoms with E-state index in [1.54, 1.807) is 12.1 Å². The van der Waals surface area contributed by atoms with Crippen molar-refractivity contribution in [2.75, 3.05) is 6.61 Å². The molecule has 0 radical (unpaired) electrons. The summed E-state index contributed by atoms with van der Waals surface area (Å²) in [4.78, 5) is 16.3. The minimum absolute atomic E-state index is 0. The van der Waals surface area contributed by atoms with E-state index >= 15 is 0 Å². The number of hydrogen-bond donors (Lipinski definition) is 2. The molecule has 1 unspecified atom stereocenters. The zero-order chi connectivity index (χ0) is 24.6. The molecular weight excluding hydrogens is 483 g/mol. The number of hydrogen-bond acceptors (Lipinski definition) is 5. The molecule has 1 aromatic heterocycles. The van der Waals surface area contributed by atoms with Gasteiger partial charge in [-0.3, -0.25) is 4.79 Å². The number of aromatic nitrogens is 1. The number of aryl methyl sites for hydroxylation is 1. The molecule has 0 aliphatic rings. The highest BCUT2D eigenvalue weighted by Gasteiger charge is 2.17. The smallest absolute Gasteiger partial charge is 0.321 e. The van der Waals surface area contributed by atoms with Crippen LogP contribution in [0.5, 0.6) is 5.75 Å². The van der Waals surface area contributed by atoms with Crippen molar-refractivity contribution < 1.29 is 23.4 Å². The van der Waals surface area contributed by atoms with Crippen LogP contribution in [-0.4, -0.2) is 28.7 Å². The van der Waals surface area contributed by atoms with Gasteiger partial charge in [0.2, 0.25) is 5.89 Å². The van der Waals surface area contributed by atoms with Crippen molar-refractivity contribution in [3.63, 3.8) is 0 Å². The lowest BCUT2D eigenvalue weighted by atomic mass is 10.1. The van der Waals surface area contributed by atoms with Gasteiger partial charge in [-0.05, 0) is 60.9 Å². The summed E-state index contributed by atoms with van der Waals surface area (Å²) >= 11 is 0. The summed E-state index contributed by atoms with van der Waals surface area (Å²) in [7, 11) is 0. The maximum atomic E-state index is 13.0. The Morgan fingerprint density at radius 1 is 1.03 bits per heavy atom. The summed E-state index contributed by atoms with van der Waals surface area (Å²) in [5, 5.41) is 12.6. The van der Waals surface area contributed by atoms with Crippen molar-refractivity contribution in [3.05, 3.63) is 107 Å². The minimum atomic E-state index is -0.940. The summed E-state index contributed by atoms with van der Waals surface area (Å²) in [5.74, 6) is 0.813. The van der Waals surface area contributed by atoms with Crippen LogP contribution in [0.3, 0.4) is 0 Å². The number of carbonyl (C=O) groups is 1. The van der Waals surface area contributed by atoms with Gasteiger partial charge >= 0.3 is 5.97 Å². The standard InChI is InChI=1S/C28H27FN2O4.ClH/c1-19-25(31-27(35-19)22-5-3-2-4-6-22)15-16-34-24-13-9-20(10-14-24)17-26(28(32)33)30-18-21-7-11-23(29)12-8-21;/h2-14,26,30H,15-18H2,1H3,(H,32,33);1H. The van der Waals surface area contributed by atoms with E-state index in [1.807, 2.05) is 61.5 Å². The van der Waals surface area contributed by atoms with Crippen LogP contribution < -0.4 is 10.1 Å². The molecule has 0 saturated heterocycles. The van der Waals surface area contributed by atoms with E-state index in [9.17, 15) is 14.3 Å². The van der Waals surface area contributed by atoms with Gasteiger partial charge in [0, 0.05) is 18.5 Å². The third kappa shape index (κ3) is 7.41. The fourth-order valence-electron chi connectivity index (χ4n) is 3.68. The fourth-order valence-corrected chi connectivity index (χ4v) is 3.68. The molecule has 0 aliphatic heterocycles. The molecule has 4 rings (SSSR count). The lowest BCUT2D eigenvalue weighted by Gasteiger charge is -2.15. The minimum Gasteiger partial charge on any atom is -0.493 e. The number of carboxylic acid groups (broad SMARTS) is 1. The Bertz CT molecular complexity index is 1250. The second kappa shape index (κ2) is 12.9. The molecular formula is C28H28ClFN2O4. The molecule has 0 bridgehead atoms. The molecule has 6 nitrogen and oxygen atoms in total. The maximum Gasteiger partial charge on any atom is 0.321 e. The van der Waals surface area contributed by atoms with Crippen molar-refractivity contribution in [2.45, 2.75) is 32.4 Å². The van der Waals surface area contributed by atoms with Crippen LogP contribution in [0.2, 0.25) is 0 Å². The van der Waals surface area contributed by atoms with E-state index in [-0.39, 0.29) is 18.2 Å². The van der Waals surface area contributed by atoms with Gasteiger partial charge in [-0.1, -0.05) is 42.5 Å². The van der Waals surface area contributed by atoms with Gasteiger partial charge in [0.05, 0.1) is 12.3 Å². The Hall–Kier alpha value is -3.68. The molecule has 8 heteroatoms. The van der Waals surface area contributed by atoms with Crippen molar-refractivity contribution in [1.29, 1.82) is 0 Å². The Labute approximate surface area is 215 Å². The first-order valence-electron chi connectivity index (χ1n) is 11.4. The lowest BCUT2D eigenvalue weighted by Crippen LogP contribution is -2.38. The SMILES string of the molecule is Cc1oc(-c2ccccc2)nc1CCOc1ccc(CC(NCc2ccc(F)cc2)C(=O)O)cc1.Cl. The Kier molecular flexibility index (Phi) is 9.61. The molecule has 0 fully saturated rings. The molecule has 0 saturated carbocycles. The number of carboxylic acids is 1. The van der Waals surface area contributed by atoms with E-state index in [0.29, 0.717) is 37.6 Å². The second-order valence-corrected chi connectivity index (χ2v) is 8.23. The van der Waals surface area contributed by atoms with Crippen LogP contribution in [0.25, 0.3) is 11.5 Å². The van der Waals surface area contributed by atoms with E-state index < -0.39 is 12.0 Å². The summed E-state index contributed by atoms with van der Waals surface area (Å²) in [6.45, 7) is 2.68. The predicted octanol–water partition coefficient (Wildman–Crippen LogP) is 5.62.